The molecule has 1 aliphatic rings. The highest BCUT2D eigenvalue weighted by molar-refractivity contribution is 4.82. The first-order valence-electron chi connectivity index (χ1n) is 3.88. The van der Waals surface area contributed by atoms with Crippen LogP contribution in [0.25, 0.3) is 0 Å². The Morgan fingerprint density at radius 1 is 1.44 bits per heavy atom. The highest BCUT2D eigenvalue weighted by Crippen LogP contribution is 2.43. The van der Waals surface area contributed by atoms with Gasteiger partial charge in [-0.3, -0.25) is 0 Å². The number of aliphatic hydroxyl groups excluding tert-OH is 1. The number of hydrogen-bond donors (Lipinski definition) is 1. The third-order valence-corrected chi connectivity index (χ3v) is 2.50. The van der Waals surface area contributed by atoms with Gasteiger partial charge in [0.2, 0.25) is 0 Å². The van der Waals surface area contributed by atoms with Gasteiger partial charge in [0.1, 0.15) is 0 Å². The second-order valence-electron chi connectivity index (χ2n) is 3.49. The van der Waals surface area contributed by atoms with Crippen molar-refractivity contribution in [1.29, 1.82) is 0 Å². The van der Waals surface area contributed by atoms with Crippen molar-refractivity contribution >= 4 is 0 Å². The van der Waals surface area contributed by atoms with E-state index in [4.69, 9.17) is 5.11 Å². The van der Waals surface area contributed by atoms with Gasteiger partial charge >= 0.3 is 0 Å². The predicted octanol–water partition coefficient (Wildman–Crippen LogP) is 1.95. The van der Waals surface area contributed by atoms with Crippen LogP contribution in [0.1, 0.15) is 39.0 Å². The highest BCUT2D eigenvalue weighted by Gasteiger charge is 2.30. The third-order valence-electron chi connectivity index (χ3n) is 2.50. The molecule has 1 heteroatoms. The zero-order valence-electron chi connectivity index (χ0n) is 6.19. The Labute approximate surface area is 57.1 Å². The smallest absolute Gasteiger partial charge is 0.0431 e. The van der Waals surface area contributed by atoms with Crippen molar-refractivity contribution in [3.63, 3.8) is 0 Å². The standard InChI is InChI=1S/C8H16O/c1-8(4-2-5-8)6-3-7-9/h9H,2-7H2,1H3. The second kappa shape index (κ2) is 2.70. The van der Waals surface area contributed by atoms with Gasteiger partial charge in [0.15, 0.2) is 0 Å². The van der Waals surface area contributed by atoms with Crippen LogP contribution >= 0.6 is 0 Å². The lowest BCUT2D eigenvalue weighted by molar-refractivity contribution is 0.129. The molecule has 0 amide bonds. The molecule has 0 aromatic rings. The fraction of sp³-hybridized carbons (Fsp3) is 1.00. The van der Waals surface area contributed by atoms with E-state index in [0.717, 1.165) is 6.42 Å². The van der Waals surface area contributed by atoms with Crippen molar-refractivity contribution in [2.45, 2.75) is 39.0 Å². The zero-order chi connectivity index (χ0) is 6.74. The molecule has 1 saturated carbocycles. The van der Waals surface area contributed by atoms with E-state index >= 15 is 0 Å². The summed E-state index contributed by atoms with van der Waals surface area (Å²) in [7, 11) is 0. The van der Waals surface area contributed by atoms with Crippen molar-refractivity contribution in [3.05, 3.63) is 0 Å². The molecule has 0 bridgehead atoms. The minimum Gasteiger partial charge on any atom is -0.396 e. The van der Waals surface area contributed by atoms with Crippen LogP contribution in [-0.2, 0) is 0 Å². The van der Waals surface area contributed by atoms with E-state index in [0.29, 0.717) is 12.0 Å². The first-order valence-corrected chi connectivity index (χ1v) is 3.88. The Kier molecular flexibility index (Phi) is 2.12. The predicted molar refractivity (Wildman–Crippen MR) is 38.3 cm³/mol. The fourth-order valence-electron chi connectivity index (χ4n) is 1.54. The van der Waals surface area contributed by atoms with Gasteiger partial charge in [0.05, 0.1) is 0 Å². The SMILES string of the molecule is CC1(CCCO)CCC1. The van der Waals surface area contributed by atoms with E-state index in [1.807, 2.05) is 0 Å². The summed E-state index contributed by atoms with van der Waals surface area (Å²) in [4.78, 5) is 0. The van der Waals surface area contributed by atoms with Gasteiger partial charge in [-0.25, -0.2) is 0 Å². The molecular formula is C8H16O. The number of aliphatic hydroxyl groups is 1. The molecule has 0 aliphatic heterocycles. The van der Waals surface area contributed by atoms with Crippen LogP contribution in [0.5, 0.6) is 0 Å². The average molecular weight is 128 g/mol. The van der Waals surface area contributed by atoms with E-state index in [1.54, 1.807) is 0 Å². The Morgan fingerprint density at radius 2 is 2.11 bits per heavy atom. The van der Waals surface area contributed by atoms with Crippen molar-refractivity contribution in [1.82, 2.24) is 0 Å². The van der Waals surface area contributed by atoms with Gasteiger partial charge in [-0.15, -0.1) is 0 Å². The largest absolute Gasteiger partial charge is 0.396 e. The fourth-order valence-corrected chi connectivity index (χ4v) is 1.54. The summed E-state index contributed by atoms with van der Waals surface area (Å²) < 4.78 is 0. The molecule has 54 valence electrons. The minimum absolute atomic E-state index is 0.371. The molecule has 0 saturated heterocycles. The van der Waals surface area contributed by atoms with Gasteiger partial charge in [-0.2, -0.15) is 0 Å². The van der Waals surface area contributed by atoms with Gasteiger partial charge in [-0.1, -0.05) is 13.3 Å². The summed E-state index contributed by atoms with van der Waals surface area (Å²) in [5.41, 5.74) is 0.614. The average Bonchev–Trinajstić information content (AvgIpc) is 1.79. The third kappa shape index (κ3) is 1.68. The van der Waals surface area contributed by atoms with E-state index in [1.165, 1.54) is 25.7 Å². The second-order valence-corrected chi connectivity index (χ2v) is 3.49. The number of hydrogen-bond acceptors (Lipinski definition) is 1. The summed E-state index contributed by atoms with van der Waals surface area (Å²) in [6.07, 6.45) is 6.39. The van der Waals surface area contributed by atoms with E-state index in [-0.39, 0.29) is 0 Å². The van der Waals surface area contributed by atoms with Crippen LogP contribution in [0.15, 0.2) is 0 Å². The van der Waals surface area contributed by atoms with E-state index in [9.17, 15) is 0 Å². The molecular weight excluding hydrogens is 112 g/mol. The lowest BCUT2D eigenvalue weighted by Gasteiger charge is -2.38. The van der Waals surface area contributed by atoms with Gasteiger partial charge in [0.25, 0.3) is 0 Å². The molecule has 1 rings (SSSR count). The molecule has 0 heterocycles. The van der Waals surface area contributed by atoms with Crippen LogP contribution in [0.3, 0.4) is 0 Å². The Balaban J connectivity index is 2.09. The molecule has 0 aromatic heterocycles. The molecule has 0 spiro atoms. The highest BCUT2D eigenvalue weighted by atomic mass is 16.2. The lowest BCUT2D eigenvalue weighted by Crippen LogP contribution is -2.25. The minimum atomic E-state index is 0.371. The van der Waals surface area contributed by atoms with Crippen molar-refractivity contribution < 1.29 is 5.11 Å². The molecule has 1 N–H and O–H groups in total. The molecule has 1 aliphatic carbocycles. The zero-order valence-corrected chi connectivity index (χ0v) is 6.19. The van der Waals surface area contributed by atoms with Crippen LogP contribution in [0.2, 0.25) is 0 Å². The monoisotopic (exact) mass is 128 g/mol. The Morgan fingerprint density at radius 3 is 2.44 bits per heavy atom. The van der Waals surface area contributed by atoms with Crippen molar-refractivity contribution in [2.24, 2.45) is 5.41 Å². The van der Waals surface area contributed by atoms with Crippen molar-refractivity contribution in [3.8, 4) is 0 Å². The Bertz CT molecular complexity index is 84.6. The maximum atomic E-state index is 8.55. The maximum absolute atomic E-state index is 8.55. The maximum Gasteiger partial charge on any atom is 0.0431 e. The molecule has 9 heavy (non-hydrogen) atoms. The quantitative estimate of drug-likeness (QED) is 0.616. The normalized spacial score (nSPS) is 23.3. The van der Waals surface area contributed by atoms with Crippen molar-refractivity contribution in [2.75, 3.05) is 6.61 Å². The lowest BCUT2D eigenvalue weighted by atomic mass is 9.68. The van der Waals surface area contributed by atoms with Crippen LogP contribution < -0.4 is 0 Å². The van der Waals surface area contributed by atoms with E-state index in [2.05, 4.69) is 6.92 Å². The first-order chi connectivity index (χ1) is 4.27. The van der Waals surface area contributed by atoms with Crippen LogP contribution in [-0.4, -0.2) is 11.7 Å². The summed E-state index contributed by atoms with van der Waals surface area (Å²) >= 11 is 0. The summed E-state index contributed by atoms with van der Waals surface area (Å²) in [5.74, 6) is 0. The number of rotatable bonds is 3. The molecule has 1 fully saturated rings. The van der Waals surface area contributed by atoms with Crippen LogP contribution in [0.4, 0.5) is 0 Å². The van der Waals surface area contributed by atoms with Gasteiger partial charge in [0, 0.05) is 6.61 Å². The first kappa shape index (κ1) is 7.07. The topological polar surface area (TPSA) is 20.2 Å². The molecule has 1 nitrogen and oxygen atoms in total. The van der Waals surface area contributed by atoms with Gasteiger partial charge in [-0.05, 0) is 31.1 Å². The van der Waals surface area contributed by atoms with E-state index < -0.39 is 0 Å². The molecule has 0 atom stereocenters. The molecule has 0 unspecified atom stereocenters. The Hall–Kier alpha value is -0.0400. The summed E-state index contributed by atoms with van der Waals surface area (Å²) in [5, 5.41) is 8.55. The van der Waals surface area contributed by atoms with Gasteiger partial charge < -0.3 is 5.11 Å². The summed E-state index contributed by atoms with van der Waals surface area (Å²) in [6, 6.07) is 0. The molecule has 0 aromatic carbocycles. The van der Waals surface area contributed by atoms with Crippen LogP contribution in [0, 0.1) is 5.41 Å². The summed E-state index contributed by atoms with van der Waals surface area (Å²) in [6.45, 7) is 2.70. The molecule has 0 radical (unpaired) electrons.